The fourth-order valence-corrected chi connectivity index (χ4v) is 3.32. The molecule has 0 atom stereocenters. The number of benzene rings is 1. The van der Waals surface area contributed by atoms with Crippen LogP contribution < -0.4 is 5.73 Å². The minimum absolute atomic E-state index is 0.151. The highest BCUT2D eigenvalue weighted by Gasteiger charge is 2.24. The SMILES string of the molecule is CC(C)(C)c1nnc2sc(-c3cc(Cl)cc(Cl)c3N)nn12. The number of hydrogen-bond acceptors (Lipinski definition) is 5. The van der Waals surface area contributed by atoms with Gasteiger partial charge in [-0.15, -0.1) is 10.2 Å². The predicted molar refractivity (Wildman–Crippen MR) is 87.2 cm³/mol. The number of fused-ring (bicyclic) bond motifs is 1. The van der Waals surface area contributed by atoms with Crippen molar-refractivity contribution in [3.63, 3.8) is 0 Å². The van der Waals surface area contributed by atoms with Crippen LogP contribution in [-0.2, 0) is 5.41 Å². The Morgan fingerprint density at radius 3 is 2.57 bits per heavy atom. The zero-order valence-electron chi connectivity index (χ0n) is 11.7. The van der Waals surface area contributed by atoms with Gasteiger partial charge in [-0.25, -0.2) is 0 Å². The molecule has 0 unspecified atom stereocenters. The zero-order chi connectivity index (χ0) is 15.4. The van der Waals surface area contributed by atoms with Gasteiger partial charge in [0.2, 0.25) is 4.96 Å². The molecule has 0 spiro atoms. The lowest BCUT2D eigenvalue weighted by atomic mass is 9.96. The molecule has 0 saturated carbocycles. The summed E-state index contributed by atoms with van der Waals surface area (Å²) >= 11 is 13.5. The predicted octanol–water partition coefficient (Wildman–Crippen LogP) is 4.04. The van der Waals surface area contributed by atoms with E-state index in [4.69, 9.17) is 28.9 Å². The third-order valence-corrected chi connectivity index (χ3v) is 4.45. The number of anilines is 1. The number of nitrogens with zero attached hydrogens (tertiary/aromatic N) is 4. The van der Waals surface area contributed by atoms with Gasteiger partial charge < -0.3 is 5.73 Å². The molecule has 2 N–H and O–H groups in total. The lowest BCUT2D eigenvalue weighted by molar-refractivity contribution is 0.528. The second kappa shape index (κ2) is 4.83. The van der Waals surface area contributed by atoms with Crippen LogP contribution in [0.2, 0.25) is 10.0 Å². The molecule has 3 aromatic rings. The number of nitrogens with two attached hydrogens (primary N) is 1. The monoisotopic (exact) mass is 341 g/mol. The Balaban J connectivity index is 2.21. The smallest absolute Gasteiger partial charge is 0.235 e. The third kappa shape index (κ3) is 2.47. The lowest BCUT2D eigenvalue weighted by Crippen LogP contribution is -2.16. The van der Waals surface area contributed by atoms with Gasteiger partial charge in [0.1, 0.15) is 5.01 Å². The van der Waals surface area contributed by atoms with Crippen LogP contribution in [0.5, 0.6) is 0 Å². The molecule has 5 nitrogen and oxygen atoms in total. The van der Waals surface area contributed by atoms with Crippen molar-refractivity contribution in [2.75, 3.05) is 5.73 Å². The van der Waals surface area contributed by atoms with Gasteiger partial charge in [-0.3, -0.25) is 0 Å². The molecule has 0 saturated heterocycles. The van der Waals surface area contributed by atoms with E-state index in [0.29, 0.717) is 31.3 Å². The van der Waals surface area contributed by atoms with Gasteiger partial charge in [-0.05, 0) is 12.1 Å². The molecular formula is C13H13Cl2N5S. The minimum atomic E-state index is -0.151. The highest BCUT2D eigenvalue weighted by Crippen LogP contribution is 2.37. The van der Waals surface area contributed by atoms with E-state index in [0.717, 1.165) is 5.82 Å². The summed E-state index contributed by atoms with van der Waals surface area (Å²) in [5.41, 5.74) is 7.05. The zero-order valence-corrected chi connectivity index (χ0v) is 14.0. The molecule has 21 heavy (non-hydrogen) atoms. The van der Waals surface area contributed by atoms with E-state index in [9.17, 15) is 0 Å². The molecule has 8 heteroatoms. The van der Waals surface area contributed by atoms with E-state index in [2.05, 4.69) is 36.1 Å². The first-order valence-electron chi connectivity index (χ1n) is 6.25. The molecule has 3 rings (SSSR count). The van der Waals surface area contributed by atoms with Crippen molar-refractivity contribution in [3.05, 3.63) is 28.0 Å². The van der Waals surface area contributed by atoms with Gasteiger partial charge >= 0.3 is 0 Å². The summed E-state index contributed by atoms with van der Waals surface area (Å²) < 4.78 is 1.74. The van der Waals surface area contributed by atoms with Crippen LogP contribution in [0.1, 0.15) is 26.6 Å². The fraction of sp³-hybridized carbons (Fsp3) is 0.308. The topological polar surface area (TPSA) is 69.1 Å². The molecule has 1 aromatic carbocycles. The Labute approximate surface area is 135 Å². The van der Waals surface area contributed by atoms with Crippen LogP contribution in [0.4, 0.5) is 5.69 Å². The minimum Gasteiger partial charge on any atom is -0.397 e. The van der Waals surface area contributed by atoms with E-state index in [1.807, 2.05) is 0 Å². The van der Waals surface area contributed by atoms with E-state index >= 15 is 0 Å². The highest BCUT2D eigenvalue weighted by molar-refractivity contribution is 7.19. The van der Waals surface area contributed by atoms with E-state index in [-0.39, 0.29) is 5.41 Å². The number of nitrogen functional groups attached to an aromatic ring is 1. The molecule has 2 heterocycles. The Bertz CT molecular complexity index is 831. The number of halogens is 2. The maximum Gasteiger partial charge on any atom is 0.235 e. The van der Waals surface area contributed by atoms with Gasteiger partial charge in [0.25, 0.3) is 0 Å². The van der Waals surface area contributed by atoms with Gasteiger partial charge in [0.15, 0.2) is 5.82 Å². The molecule has 0 fully saturated rings. The summed E-state index contributed by atoms with van der Waals surface area (Å²) in [7, 11) is 0. The summed E-state index contributed by atoms with van der Waals surface area (Å²) in [5, 5.41) is 14.6. The normalized spacial score (nSPS) is 12.2. The molecule has 0 aliphatic carbocycles. The first-order chi connectivity index (χ1) is 9.77. The molecule has 2 aromatic heterocycles. The van der Waals surface area contributed by atoms with E-state index in [1.165, 1.54) is 11.3 Å². The molecule has 0 amide bonds. The van der Waals surface area contributed by atoms with E-state index in [1.54, 1.807) is 16.6 Å². The van der Waals surface area contributed by atoms with Crippen LogP contribution in [0.3, 0.4) is 0 Å². The fourth-order valence-electron chi connectivity index (χ4n) is 1.96. The van der Waals surface area contributed by atoms with Gasteiger partial charge in [-0.2, -0.15) is 9.61 Å². The number of rotatable bonds is 1. The molecule has 0 aliphatic rings. The van der Waals surface area contributed by atoms with Crippen molar-refractivity contribution in [3.8, 4) is 10.6 Å². The van der Waals surface area contributed by atoms with Crippen LogP contribution in [-0.4, -0.2) is 19.8 Å². The molecule has 0 bridgehead atoms. The second-order valence-electron chi connectivity index (χ2n) is 5.72. The first-order valence-corrected chi connectivity index (χ1v) is 7.82. The van der Waals surface area contributed by atoms with E-state index < -0.39 is 0 Å². The average Bonchev–Trinajstić information content (AvgIpc) is 2.91. The van der Waals surface area contributed by atoms with Crippen molar-refractivity contribution in [1.29, 1.82) is 0 Å². The van der Waals surface area contributed by atoms with Crippen LogP contribution in [0.25, 0.3) is 15.5 Å². The maximum absolute atomic E-state index is 6.08. The Kier molecular flexibility index (Phi) is 3.35. The second-order valence-corrected chi connectivity index (χ2v) is 7.52. The standard InChI is InChI=1S/C13H13Cl2N5S/c1-13(2,3)11-17-18-12-20(11)19-10(21-12)7-4-6(14)5-8(15)9(7)16/h4-5H,16H2,1-3H3. The first kappa shape index (κ1) is 14.6. The maximum atomic E-state index is 6.08. The average molecular weight is 342 g/mol. The van der Waals surface area contributed by atoms with Crippen molar-refractivity contribution in [2.24, 2.45) is 0 Å². The van der Waals surface area contributed by atoms with Crippen molar-refractivity contribution < 1.29 is 0 Å². The quantitative estimate of drug-likeness (QED) is 0.678. The van der Waals surface area contributed by atoms with Crippen LogP contribution in [0, 0.1) is 0 Å². The lowest BCUT2D eigenvalue weighted by Gasteiger charge is -2.13. The molecule has 110 valence electrons. The molecule has 0 radical (unpaired) electrons. The summed E-state index contributed by atoms with van der Waals surface area (Å²) in [5.74, 6) is 0.798. The van der Waals surface area contributed by atoms with Crippen molar-refractivity contribution in [1.82, 2.24) is 19.8 Å². The number of hydrogen-bond donors (Lipinski definition) is 1. The summed E-state index contributed by atoms with van der Waals surface area (Å²) in [6, 6.07) is 3.37. The van der Waals surface area contributed by atoms with Crippen molar-refractivity contribution >= 4 is 45.2 Å². The van der Waals surface area contributed by atoms with Gasteiger partial charge in [0, 0.05) is 16.0 Å². The largest absolute Gasteiger partial charge is 0.397 e. The molecule has 0 aliphatic heterocycles. The molecular weight excluding hydrogens is 329 g/mol. The van der Waals surface area contributed by atoms with Crippen LogP contribution >= 0.6 is 34.5 Å². The number of aromatic nitrogens is 4. The Morgan fingerprint density at radius 2 is 1.90 bits per heavy atom. The Hall–Kier alpha value is -1.37. The van der Waals surface area contributed by atoms with Gasteiger partial charge in [-0.1, -0.05) is 55.3 Å². The van der Waals surface area contributed by atoms with Gasteiger partial charge in [0.05, 0.1) is 10.7 Å². The summed E-state index contributed by atoms with van der Waals surface area (Å²) in [6.45, 7) is 6.19. The summed E-state index contributed by atoms with van der Waals surface area (Å²) in [4.78, 5) is 0.713. The van der Waals surface area contributed by atoms with Crippen molar-refractivity contribution in [2.45, 2.75) is 26.2 Å². The highest BCUT2D eigenvalue weighted by atomic mass is 35.5. The third-order valence-electron chi connectivity index (χ3n) is 2.99. The summed E-state index contributed by atoms with van der Waals surface area (Å²) in [6.07, 6.45) is 0. The van der Waals surface area contributed by atoms with Crippen LogP contribution in [0.15, 0.2) is 12.1 Å². The Morgan fingerprint density at radius 1 is 1.19 bits per heavy atom.